The molecule has 0 spiro atoms. The predicted molar refractivity (Wildman–Crippen MR) is 133 cm³/mol. The van der Waals surface area contributed by atoms with E-state index in [1.165, 1.54) is 16.9 Å². The Morgan fingerprint density at radius 1 is 1.17 bits per heavy atom. The molecular weight excluding hydrogens is 462 g/mol. The molecule has 0 bridgehead atoms. The molecule has 2 aliphatic rings. The number of nitrogens with zero attached hydrogens (tertiary/aromatic N) is 4. The monoisotopic (exact) mass is 489 g/mol. The molecule has 1 aromatic heterocycles. The maximum atomic E-state index is 12.7. The molecule has 1 N–H and O–H groups in total. The van der Waals surface area contributed by atoms with Crippen molar-refractivity contribution in [3.63, 3.8) is 0 Å². The van der Waals surface area contributed by atoms with Crippen LogP contribution in [-0.4, -0.2) is 53.5 Å². The Hall–Kier alpha value is -3.48. The van der Waals surface area contributed by atoms with Crippen molar-refractivity contribution in [3.05, 3.63) is 53.1 Å². The van der Waals surface area contributed by atoms with Gasteiger partial charge >= 0.3 is 6.03 Å². The van der Waals surface area contributed by atoms with E-state index in [-0.39, 0.29) is 18.2 Å². The lowest BCUT2D eigenvalue weighted by Gasteiger charge is -2.28. The molecule has 8 nitrogen and oxygen atoms in total. The Morgan fingerprint density at radius 3 is 2.63 bits per heavy atom. The summed E-state index contributed by atoms with van der Waals surface area (Å²) in [5.41, 5.74) is 4.62. The third kappa shape index (κ3) is 4.72. The lowest BCUT2D eigenvalue weighted by atomic mass is 10.0. The van der Waals surface area contributed by atoms with Crippen molar-refractivity contribution in [3.8, 4) is 33.0 Å². The van der Waals surface area contributed by atoms with Crippen molar-refractivity contribution < 1.29 is 14.3 Å². The highest BCUT2D eigenvalue weighted by atomic mass is 32.1. The van der Waals surface area contributed by atoms with Crippen LogP contribution in [0.2, 0.25) is 0 Å². The van der Waals surface area contributed by atoms with E-state index < -0.39 is 0 Å². The van der Waals surface area contributed by atoms with Crippen molar-refractivity contribution in [2.75, 3.05) is 26.3 Å². The largest absolute Gasteiger partial charge is 0.489 e. The van der Waals surface area contributed by atoms with Gasteiger partial charge in [0.05, 0.1) is 36.5 Å². The lowest BCUT2D eigenvalue weighted by Crippen LogP contribution is -2.46. The molecule has 1 fully saturated rings. The van der Waals surface area contributed by atoms with E-state index in [0.29, 0.717) is 42.6 Å². The summed E-state index contributed by atoms with van der Waals surface area (Å²) in [7, 11) is 0. The summed E-state index contributed by atoms with van der Waals surface area (Å²) < 4.78 is 11.3. The maximum Gasteiger partial charge on any atom is 0.318 e. The van der Waals surface area contributed by atoms with Crippen LogP contribution in [0.15, 0.2) is 36.4 Å². The minimum Gasteiger partial charge on any atom is -0.489 e. The van der Waals surface area contributed by atoms with Crippen molar-refractivity contribution >= 4 is 17.4 Å². The second kappa shape index (κ2) is 10.0. The number of aromatic nitrogens is 2. The number of hydrogen-bond acceptors (Lipinski definition) is 7. The molecule has 5 rings (SSSR count). The number of urea groups is 1. The lowest BCUT2D eigenvalue weighted by molar-refractivity contribution is 0.0525. The summed E-state index contributed by atoms with van der Waals surface area (Å²) in [5, 5.41) is 23.2. The molecule has 180 valence electrons. The van der Waals surface area contributed by atoms with Gasteiger partial charge in [0, 0.05) is 18.7 Å². The van der Waals surface area contributed by atoms with Crippen LogP contribution in [0.5, 0.6) is 5.75 Å². The van der Waals surface area contributed by atoms with Crippen LogP contribution in [0.25, 0.3) is 21.1 Å². The molecule has 0 radical (unpaired) electrons. The van der Waals surface area contributed by atoms with Gasteiger partial charge in [-0.2, -0.15) is 5.26 Å². The Kier molecular flexibility index (Phi) is 6.66. The highest BCUT2D eigenvalue weighted by Gasteiger charge is 2.29. The molecular formula is C26H27N5O3S. The molecule has 9 heteroatoms. The summed E-state index contributed by atoms with van der Waals surface area (Å²) in [6.07, 6.45) is 1.64. The van der Waals surface area contributed by atoms with Crippen molar-refractivity contribution in [2.24, 2.45) is 0 Å². The molecule has 0 saturated carbocycles. The zero-order chi connectivity index (χ0) is 24.4. The average molecular weight is 490 g/mol. The summed E-state index contributed by atoms with van der Waals surface area (Å²) >= 11 is 1.48. The third-order valence-electron chi connectivity index (χ3n) is 6.24. The van der Waals surface area contributed by atoms with E-state index >= 15 is 0 Å². The second-order valence-corrected chi connectivity index (χ2v) is 9.86. The Balaban J connectivity index is 1.42. The number of morpholine rings is 1. The van der Waals surface area contributed by atoms with E-state index in [9.17, 15) is 10.1 Å². The number of ether oxygens (including phenoxy) is 2. The van der Waals surface area contributed by atoms with Crippen molar-refractivity contribution in [2.45, 2.75) is 38.8 Å². The number of carbonyl (C=O) groups is 1. The van der Waals surface area contributed by atoms with Gasteiger partial charge in [-0.3, -0.25) is 0 Å². The number of nitriles is 1. The predicted octanol–water partition coefficient (Wildman–Crippen LogP) is 4.56. The molecule has 2 aromatic carbocycles. The molecule has 0 unspecified atom stereocenters. The number of para-hydroxylation sites is 1. The maximum absolute atomic E-state index is 12.7. The van der Waals surface area contributed by atoms with Crippen molar-refractivity contribution in [1.29, 1.82) is 5.26 Å². The normalized spacial score (nSPS) is 17.2. The first-order valence-electron chi connectivity index (χ1n) is 11.8. The van der Waals surface area contributed by atoms with Gasteiger partial charge in [-0.25, -0.2) is 4.79 Å². The molecule has 2 amide bonds. The van der Waals surface area contributed by atoms with E-state index in [4.69, 9.17) is 9.47 Å². The average Bonchev–Trinajstić information content (AvgIpc) is 3.52. The molecule has 2 heterocycles. The van der Waals surface area contributed by atoms with E-state index in [0.717, 1.165) is 34.5 Å². The number of rotatable bonds is 5. The fourth-order valence-corrected chi connectivity index (χ4v) is 5.53. The van der Waals surface area contributed by atoms with Crippen LogP contribution in [0.1, 0.15) is 43.0 Å². The van der Waals surface area contributed by atoms with Crippen LogP contribution < -0.4 is 10.1 Å². The number of carbonyl (C=O) groups excluding carboxylic acids is 1. The first-order valence-corrected chi connectivity index (χ1v) is 12.7. The molecule has 3 aromatic rings. The zero-order valence-electron chi connectivity index (χ0n) is 19.8. The zero-order valence-corrected chi connectivity index (χ0v) is 20.6. The van der Waals surface area contributed by atoms with Crippen LogP contribution >= 0.6 is 11.3 Å². The van der Waals surface area contributed by atoms with E-state index in [2.05, 4.69) is 33.7 Å². The first-order chi connectivity index (χ1) is 17.0. The van der Waals surface area contributed by atoms with Crippen LogP contribution in [0.3, 0.4) is 0 Å². The van der Waals surface area contributed by atoms with E-state index in [1.54, 1.807) is 6.07 Å². The van der Waals surface area contributed by atoms with Crippen LogP contribution in [0.4, 0.5) is 4.79 Å². The van der Waals surface area contributed by atoms with Gasteiger partial charge in [-0.05, 0) is 49.9 Å². The fourth-order valence-electron chi connectivity index (χ4n) is 4.61. The van der Waals surface area contributed by atoms with Crippen LogP contribution in [-0.2, 0) is 11.2 Å². The SMILES string of the molecule is CC(C)Oc1c(C#N)cccc1-c1nnc(-c2cccc3c2CC[C@H]3NC(=O)N2CCOCC2)s1. The topological polar surface area (TPSA) is 100 Å². The quantitative estimate of drug-likeness (QED) is 0.564. The van der Waals surface area contributed by atoms with Gasteiger partial charge in [0.1, 0.15) is 16.8 Å². The van der Waals surface area contributed by atoms with Crippen LogP contribution in [0, 0.1) is 11.3 Å². The number of fused-ring (bicyclic) bond motifs is 1. The number of hydrogen-bond donors (Lipinski definition) is 1. The highest BCUT2D eigenvalue weighted by Crippen LogP contribution is 2.42. The Labute approximate surface area is 208 Å². The minimum absolute atomic E-state index is 0.0222. The number of amides is 2. The highest BCUT2D eigenvalue weighted by molar-refractivity contribution is 7.18. The Bertz CT molecular complexity index is 1280. The number of benzene rings is 2. The van der Waals surface area contributed by atoms with Gasteiger partial charge in [0.2, 0.25) is 0 Å². The minimum atomic E-state index is -0.0716. The smallest absolute Gasteiger partial charge is 0.318 e. The summed E-state index contributed by atoms with van der Waals surface area (Å²) in [5.74, 6) is 0.539. The molecule has 1 aliphatic heterocycles. The fraction of sp³-hybridized carbons (Fsp3) is 0.385. The Morgan fingerprint density at radius 2 is 1.89 bits per heavy atom. The summed E-state index contributed by atoms with van der Waals surface area (Å²) in [4.78, 5) is 14.6. The molecule has 1 atom stereocenters. The van der Waals surface area contributed by atoms with E-state index in [1.807, 2.05) is 36.9 Å². The summed E-state index contributed by atoms with van der Waals surface area (Å²) in [6.45, 7) is 6.28. The van der Waals surface area contributed by atoms with Gasteiger partial charge in [-0.1, -0.05) is 35.6 Å². The first kappa shape index (κ1) is 23.3. The second-order valence-electron chi connectivity index (χ2n) is 8.89. The van der Waals surface area contributed by atoms with Gasteiger partial charge in [0.25, 0.3) is 0 Å². The van der Waals surface area contributed by atoms with Gasteiger partial charge < -0.3 is 19.7 Å². The van der Waals surface area contributed by atoms with Gasteiger partial charge in [-0.15, -0.1) is 10.2 Å². The summed E-state index contributed by atoms with van der Waals surface area (Å²) in [6, 6.07) is 13.8. The third-order valence-corrected chi connectivity index (χ3v) is 7.23. The standard InChI is InChI=1S/C26H27N5O3S/c1-16(2)34-23-17(15-27)5-3-8-21(23)25-30-29-24(35-25)20-7-4-6-19-18(20)9-10-22(19)28-26(32)31-11-13-33-14-12-31/h3-8,16,22H,9-14H2,1-2H3,(H,28,32)/t22-/m1/s1. The molecule has 1 saturated heterocycles. The molecule has 1 aliphatic carbocycles. The number of nitrogens with one attached hydrogen (secondary N) is 1. The molecule has 35 heavy (non-hydrogen) atoms. The van der Waals surface area contributed by atoms with Crippen molar-refractivity contribution in [1.82, 2.24) is 20.4 Å². The van der Waals surface area contributed by atoms with Gasteiger partial charge in [0.15, 0.2) is 5.01 Å².